The first-order valence-electron chi connectivity index (χ1n) is 9.54. The minimum Gasteiger partial charge on any atom is -0.508 e. The molecule has 1 amide bonds. The topological polar surface area (TPSA) is 90.8 Å². The molecule has 1 heterocycles. The summed E-state index contributed by atoms with van der Waals surface area (Å²) in [5.74, 6) is -0.265. The summed E-state index contributed by atoms with van der Waals surface area (Å²) in [6.45, 7) is 7.87. The van der Waals surface area contributed by atoms with Gasteiger partial charge in [-0.05, 0) is 69.0 Å². The van der Waals surface area contributed by atoms with Crippen LogP contribution in [0.15, 0.2) is 24.3 Å². The van der Waals surface area contributed by atoms with E-state index in [1.807, 2.05) is 27.7 Å². The number of nitrogens with one attached hydrogen (secondary N) is 2. The Bertz CT molecular complexity index is 920. The maximum atomic E-state index is 13.6. The van der Waals surface area contributed by atoms with Gasteiger partial charge in [-0.3, -0.25) is 4.79 Å². The fraction of sp³-hybridized carbons (Fsp3) is 0.409. The van der Waals surface area contributed by atoms with Crippen molar-refractivity contribution in [3.8, 4) is 11.5 Å². The van der Waals surface area contributed by atoms with E-state index in [4.69, 9.17) is 4.74 Å². The minimum absolute atomic E-state index is 0.0691. The maximum Gasteiger partial charge on any atom is 0.262 e. The third-order valence-corrected chi connectivity index (χ3v) is 5.14. The lowest BCUT2D eigenvalue weighted by atomic mass is 9.89. The number of hydrogen-bond donors (Lipinski definition) is 4. The van der Waals surface area contributed by atoms with E-state index in [1.165, 1.54) is 24.3 Å². The first kappa shape index (κ1) is 21.1. The van der Waals surface area contributed by atoms with Crippen molar-refractivity contribution in [1.82, 2.24) is 5.32 Å². The number of aromatic hydroxyl groups is 1. The fourth-order valence-corrected chi connectivity index (χ4v) is 3.67. The predicted molar refractivity (Wildman–Crippen MR) is 109 cm³/mol. The number of fused-ring (bicyclic) bond motifs is 1. The van der Waals surface area contributed by atoms with Gasteiger partial charge >= 0.3 is 0 Å². The number of rotatable bonds is 6. The number of phenols is 1. The Morgan fingerprint density at radius 1 is 1.24 bits per heavy atom. The summed E-state index contributed by atoms with van der Waals surface area (Å²) in [5, 5.41) is 26.6. The molecule has 1 unspecified atom stereocenters. The Morgan fingerprint density at radius 2 is 1.90 bits per heavy atom. The van der Waals surface area contributed by atoms with Crippen molar-refractivity contribution in [3.05, 3.63) is 52.3 Å². The van der Waals surface area contributed by atoms with E-state index in [0.717, 1.165) is 16.7 Å². The molecule has 1 aliphatic rings. The smallest absolute Gasteiger partial charge is 0.262 e. The molecule has 29 heavy (non-hydrogen) atoms. The van der Waals surface area contributed by atoms with Gasteiger partial charge in [0.25, 0.3) is 5.91 Å². The lowest BCUT2D eigenvalue weighted by Gasteiger charge is -2.30. The monoisotopic (exact) mass is 402 g/mol. The summed E-state index contributed by atoms with van der Waals surface area (Å²) in [6.07, 6.45) is -0.303. The van der Waals surface area contributed by atoms with E-state index in [2.05, 4.69) is 10.6 Å². The van der Waals surface area contributed by atoms with Gasteiger partial charge in [-0.25, -0.2) is 4.39 Å². The molecule has 0 saturated heterocycles. The van der Waals surface area contributed by atoms with Gasteiger partial charge in [0, 0.05) is 23.7 Å². The van der Waals surface area contributed by atoms with Gasteiger partial charge in [0.1, 0.15) is 17.3 Å². The van der Waals surface area contributed by atoms with Gasteiger partial charge in [-0.15, -0.1) is 0 Å². The molecule has 156 valence electrons. The van der Waals surface area contributed by atoms with E-state index >= 15 is 0 Å². The SMILES string of the molecule is Cc1cc(F)cc(C)c1CC(C)(C)NCC(O)c1cc(O)cc2c1OCC(=O)N2. The summed E-state index contributed by atoms with van der Waals surface area (Å²) in [4.78, 5) is 11.5. The number of ether oxygens (including phenoxy) is 1. The number of anilines is 1. The average molecular weight is 402 g/mol. The second-order valence-electron chi connectivity index (χ2n) is 8.22. The van der Waals surface area contributed by atoms with Gasteiger partial charge in [0.15, 0.2) is 6.61 Å². The normalized spacial score (nSPS) is 14.8. The van der Waals surface area contributed by atoms with Crippen molar-refractivity contribution in [2.75, 3.05) is 18.5 Å². The number of benzene rings is 2. The van der Waals surface area contributed by atoms with E-state index in [1.54, 1.807) is 0 Å². The summed E-state index contributed by atoms with van der Waals surface area (Å²) in [5.41, 5.74) is 3.22. The molecule has 0 aliphatic carbocycles. The van der Waals surface area contributed by atoms with E-state index in [0.29, 0.717) is 23.4 Å². The van der Waals surface area contributed by atoms with Gasteiger partial charge < -0.3 is 25.6 Å². The molecule has 7 heteroatoms. The highest BCUT2D eigenvalue weighted by Gasteiger charge is 2.26. The summed E-state index contributed by atoms with van der Waals surface area (Å²) in [6, 6.07) is 5.87. The number of aliphatic hydroxyl groups excluding tert-OH is 1. The lowest BCUT2D eigenvalue weighted by molar-refractivity contribution is -0.118. The van der Waals surface area contributed by atoms with Crippen molar-refractivity contribution in [2.24, 2.45) is 0 Å². The van der Waals surface area contributed by atoms with E-state index in [9.17, 15) is 19.4 Å². The number of carbonyl (C=O) groups excluding carboxylic acids is 1. The average Bonchev–Trinajstić information content (AvgIpc) is 2.61. The van der Waals surface area contributed by atoms with Crippen LogP contribution in [-0.2, 0) is 11.2 Å². The highest BCUT2D eigenvalue weighted by Crippen LogP contribution is 2.38. The molecular formula is C22H27FN2O4. The number of halogens is 1. The second kappa shape index (κ2) is 8.00. The van der Waals surface area contributed by atoms with Gasteiger partial charge in [0.2, 0.25) is 0 Å². The van der Waals surface area contributed by atoms with Crippen molar-refractivity contribution in [1.29, 1.82) is 0 Å². The standard InChI is InChI=1S/C22H27FN2O4/c1-12-5-14(23)6-13(2)17(12)9-22(3,4)24-10-19(27)16-7-15(26)8-18-21(16)29-11-20(28)25-18/h5-8,19,24,26-27H,9-11H2,1-4H3,(H,25,28). The van der Waals surface area contributed by atoms with Crippen LogP contribution in [0.5, 0.6) is 11.5 Å². The number of phenolic OH excluding ortho intramolecular Hbond substituents is 1. The molecule has 3 rings (SSSR count). The third kappa shape index (κ3) is 4.86. The molecule has 2 aromatic carbocycles. The lowest BCUT2D eigenvalue weighted by Crippen LogP contribution is -2.43. The highest BCUT2D eigenvalue weighted by molar-refractivity contribution is 5.96. The summed E-state index contributed by atoms with van der Waals surface area (Å²) in [7, 11) is 0. The maximum absolute atomic E-state index is 13.6. The van der Waals surface area contributed by atoms with Crippen LogP contribution in [0.2, 0.25) is 0 Å². The summed E-state index contributed by atoms with van der Waals surface area (Å²) < 4.78 is 19.0. The molecule has 1 aliphatic heterocycles. The third-order valence-electron chi connectivity index (χ3n) is 5.14. The predicted octanol–water partition coefficient (Wildman–Crippen LogP) is 3.12. The van der Waals surface area contributed by atoms with Crippen LogP contribution < -0.4 is 15.4 Å². The molecule has 6 nitrogen and oxygen atoms in total. The second-order valence-corrected chi connectivity index (χ2v) is 8.22. The van der Waals surface area contributed by atoms with E-state index in [-0.39, 0.29) is 36.2 Å². The number of hydrogen-bond acceptors (Lipinski definition) is 5. The Balaban J connectivity index is 1.74. The van der Waals surface area contributed by atoms with Gasteiger partial charge in [0.05, 0.1) is 11.8 Å². The van der Waals surface area contributed by atoms with Crippen LogP contribution >= 0.6 is 0 Å². The van der Waals surface area contributed by atoms with Crippen molar-refractivity contribution in [3.63, 3.8) is 0 Å². The Kier molecular flexibility index (Phi) is 5.82. The van der Waals surface area contributed by atoms with Crippen molar-refractivity contribution < 1.29 is 24.1 Å². The molecule has 4 N–H and O–H groups in total. The number of amides is 1. The van der Waals surface area contributed by atoms with Crippen LogP contribution in [0.3, 0.4) is 0 Å². The zero-order chi connectivity index (χ0) is 21.3. The van der Waals surface area contributed by atoms with Gasteiger partial charge in [-0.2, -0.15) is 0 Å². The fourth-order valence-electron chi connectivity index (χ4n) is 3.67. The molecule has 0 spiro atoms. The molecule has 2 aromatic rings. The largest absolute Gasteiger partial charge is 0.508 e. The van der Waals surface area contributed by atoms with Crippen LogP contribution in [0.25, 0.3) is 0 Å². The van der Waals surface area contributed by atoms with Crippen molar-refractivity contribution in [2.45, 2.75) is 45.8 Å². The molecule has 1 atom stereocenters. The minimum atomic E-state index is -0.958. The van der Waals surface area contributed by atoms with Crippen molar-refractivity contribution >= 4 is 11.6 Å². The number of β-amino-alcohol motifs (C(OH)–C–C–N with tert-alkyl or cyclic N) is 1. The number of aliphatic hydroxyl groups is 1. The zero-order valence-corrected chi connectivity index (χ0v) is 17.1. The quantitative estimate of drug-likeness (QED) is 0.596. The first-order chi connectivity index (χ1) is 13.6. The van der Waals surface area contributed by atoms with E-state index < -0.39 is 6.10 Å². The number of aryl methyl sites for hydroxylation is 2. The Morgan fingerprint density at radius 3 is 2.55 bits per heavy atom. The molecular weight excluding hydrogens is 375 g/mol. The van der Waals surface area contributed by atoms with Gasteiger partial charge in [-0.1, -0.05) is 0 Å². The molecule has 0 saturated carbocycles. The van der Waals surface area contributed by atoms with Crippen LogP contribution in [-0.4, -0.2) is 34.8 Å². The number of carbonyl (C=O) groups is 1. The Hall–Kier alpha value is -2.64. The Labute approximate surface area is 169 Å². The molecule has 0 bridgehead atoms. The molecule has 0 aromatic heterocycles. The summed E-state index contributed by atoms with van der Waals surface area (Å²) >= 11 is 0. The highest BCUT2D eigenvalue weighted by atomic mass is 19.1. The molecule has 0 radical (unpaired) electrons. The molecule has 0 fully saturated rings. The van der Waals surface area contributed by atoms with Crippen LogP contribution in [0.4, 0.5) is 10.1 Å². The first-order valence-corrected chi connectivity index (χ1v) is 9.54. The van der Waals surface area contributed by atoms with Crippen LogP contribution in [0.1, 0.15) is 42.2 Å². The van der Waals surface area contributed by atoms with Crippen LogP contribution in [0, 0.1) is 19.7 Å². The zero-order valence-electron chi connectivity index (χ0n) is 17.1.